The molecule has 2 aliphatic heterocycles. The van der Waals surface area contributed by atoms with Gasteiger partial charge in [-0.3, -0.25) is 24.5 Å². The molecule has 1 aromatic carbocycles. The van der Waals surface area contributed by atoms with Crippen LogP contribution >= 0.6 is 0 Å². The van der Waals surface area contributed by atoms with Crippen molar-refractivity contribution in [3.05, 3.63) is 34.9 Å². The minimum atomic E-state index is -0.624. The van der Waals surface area contributed by atoms with Gasteiger partial charge in [0.2, 0.25) is 11.8 Å². The van der Waals surface area contributed by atoms with Crippen LogP contribution < -0.4 is 10.6 Å². The van der Waals surface area contributed by atoms with Crippen molar-refractivity contribution in [2.24, 2.45) is 5.92 Å². The summed E-state index contributed by atoms with van der Waals surface area (Å²) in [5.74, 6) is 4.84. The van der Waals surface area contributed by atoms with Crippen molar-refractivity contribution in [3.8, 4) is 11.8 Å². The normalized spacial score (nSPS) is 21.4. The van der Waals surface area contributed by atoms with Crippen molar-refractivity contribution in [2.45, 2.75) is 57.7 Å². The zero-order valence-electron chi connectivity index (χ0n) is 16.1. The number of carbonyl (C=O) groups is 4. The molecule has 0 bridgehead atoms. The second-order valence-electron chi connectivity index (χ2n) is 7.82. The molecule has 3 aliphatic rings. The summed E-state index contributed by atoms with van der Waals surface area (Å²) >= 11 is 0. The average molecular weight is 393 g/mol. The van der Waals surface area contributed by atoms with Crippen molar-refractivity contribution >= 4 is 23.6 Å². The Balaban J connectivity index is 1.37. The van der Waals surface area contributed by atoms with Gasteiger partial charge >= 0.3 is 0 Å². The van der Waals surface area contributed by atoms with Gasteiger partial charge in [0.15, 0.2) is 0 Å². The maximum atomic E-state index is 12.7. The van der Waals surface area contributed by atoms with Crippen LogP contribution in [0.15, 0.2) is 18.2 Å². The molecule has 0 radical (unpaired) electrons. The van der Waals surface area contributed by atoms with Gasteiger partial charge in [0, 0.05) is 31.0 Å². The molecule has 4 rings (SSSR count). The van der Waals surface area contributed by atoms with E-state index in [9.17, 15) is 19.2 Å². The maximum absolute atomic E-state index is 12.7. The maximum Gasteiger partial charge on any atom is 0.296 e. The third kappa shape index (κ3) is 4.16. The van der Waals surface area contributed by atoms with Gasteiger partial charge in [-0.1, -0.05) is 30.9 Å². The molecule has 0 aromatic heterocycles. The third-order valence-corrected chi connectivity index (χ3v) is 5.79. The Morgan fingerprint density at radius 3 is 2.72 bits per heavy atom. The summed E-state index contributed by atoms with van der Waals surface area (Å²) < 4.78 is 0. The monoisotopic (exact) mass is 393 g/mol. The predicted molar refractivity (Wildman–Crippen MR) is 104 cm³/mol. The Labute approximate surface area is 169 Å². The topological polar surface area (TPSA) is 95.6 Å². The van der Waals surface area contributed by atoms with Crippen LogP contribution in [0, 0.1) is 17.8 Å². The van der Waals surface area contributed by atoms with Crippen molar-refractivity contribution in [3.63, 3.8) is 0 Å². The summed E-state index contributed by atoms with van der Waals surface area (Å²) in [6, 6.07) is 4.79. The first kappa shape index (κ1) is 19.2. The van der Waals surface area contributed by atoms with E-state index in [0.29, 0.717) is 31.0 Å². The van der Waals surface area contributed by atoms with E-state index in [2.05, 4.69) is 22.5 Å². The van der Waals surface area contributed by atoms with Crippen molar-refractivity contribution in [1.82, 2.24) is 15.5 Å². The number of benzene rings is 1. The fourth-order valence-corrected chi connectivity index (χ4v) is 4.20. The molecule has 29 heavy (non-hydrogen) atoms. The largest absolute Gasteiger partial charge is 0.341 e. The highest BCUT2D eigenvalue weighted by molar-refractivity contribution is 6.05. The van der Waals surface area contributed by atoms with Crippen LogP contribution in [-0.4, -0.2) is 34.6 Å². The quantitative estimate of drug-likeness (QED) is 0.597. The van der Waals surface area contributed by atoms with Crippen LogP contribution in [0.3, 0.4) is 0 Å². The number of nitrogens with one attached hydrogen (secondary N) is 2. The Kier molecular flexibility index (Phi) is 5.34. The summed E-state index contributed by atoms with van der Waals surface area (Å²) in [4.78, 5) is 49.6. The summed E-state index contributed by atoms with van der Waals surface area (Å²) in [6.45, 7) is 0.655. The molecule has 1 aromatic rings. The summed E-state index contributed by atoms with van der Waals surface area (Å²) in [6.07, 6.45) is 5.09. The molecule has 2 heterocycles. The Bertz CT molecular complexity index is 937. The summed E-state index contributed by atoms with van der Waals surface area (Å²) in [5.41, 5.74) is 2.26. The highest BCUT2D eigenvalue weighted by Crippen LogP contribution is 2.28. The molecular weight excluding hydrogens is 370 g/mol. The van der Waals surface area contributed by atoms with Crippen LogP contribution in [0.5, 0.6) is 0 Å². The molecule has 1 aliphatic carbocycles. The van der Waals surface area contributed by atoms with Crippen molar-refractivity contribution in [2.75, 3.05) is 0 Å². The van der Waals surface area contributed by atoms with Crippen molar-refractivity contribution in [1.29, 1.82) is 0 Å². The number of nitrogens with zero attached hydrogens (tertiary/aromatic N) is 1. The van der Waals surface area contributed by atoms with Crippen LogP contribution in [0.1, 0.15) is 60.0 Å². The number of rotatable bonds is 3. The molecule has 7 heteroatoms. The number of hydrogen-bond acceptors (Lipinski definition) is 4. The molecule has 2 N–H and O–H groups in total. The third-order valence-electron chi connectivity index (χ3n) is 5.79. The van der Waals surface area contributed by atoms with E-state index in [4.69, 9.17) is 0 Å². The molecule has 4 amide bonds. The zero-order chi connectivity index (χ0) is 20.4. The van der Waals surface area contributed by atoms with Crippen LogP contribution in [0.4, 0.5) is 0 Å². The second-order valence-corrected chi connectivity index (χ2v) is 7.82. The number of imide groups is 1. The minimum Gasteiger partial charge on any atom is -0.341 e. The molecular formula is C22H23N3O4. The summed E-state index contributed by atoms with van der Waals surface area (Å²) in [7, 11) is 0. The molecule has 150 valence electrons. The lowest BCUT2D eigenvalue weighted by molar-refractivity contribution is -0.137. The second kappa shape index (κ2) is 8.08. The molecule has 7 nitrogen and oxygen atoms in total. The molecule has 1 saturated carbocycles. The Morgan fingerprint density at radius 1 is 1.17 bits per heavy atom. The van der Waals surface area contributed by atoms with E-state index in [1.807, 2.05) is 6.07 Å². The number of hydrogen-bond donors (Lipinski definition) is 2. The van der Waals surface area contributed by atoms with Gasteiger partial charge < -0.3 is 10.2 Å². The van der Waals surface area contributed by atoms with Gasteiger partial charge in [-0.05, 0) is 42.4 Å². The molecule has 0 spiro atoms. The lowest BCUT2D eigenvalue weighted by Crippen LogP contribution is -2.52. The first-order valence-corrected chi connectivity index (χ1v) is 10.1. The van der Waals surface area contributed by atoms with Gasteiger partial charge in [-0.15, -0.1) is 0 Å². The van der Waals surface area contributed by atoms with E-state index < -0.39 is 11.9 Å². The minimum absolute atomic E-state index is 0.201. The smallest absolute Gasteiger partial charge is 0.296 e. The first-order chi connectivity index (χ1) is 14.0. The number of fused-ring (bicyclic) bond motifs is 1. The van der Waals surface area contributed by atoms with Gasteiger partial charge in [0.1, 0.15) is 6.04 Å². The van der Waals surface area contributed by atoms with E-state index in [1.54, 1.807) is 12.1 Å². The van der Waals surface area contributed by atoms with Crippen LogP contribution in [0.25, 0.3) is 0 Å². The van der Waals surface area contributed by atoms with Crippen molar-refractivity contribution < 1.29 is 19.2 Å². The van der Waals surface area contributed by atoms with E-state index >= 15 is 0 Å². The lowest BCUT2D eigenvalue weighted by atomic mass is 10.0. The molecule has 1 unspecified atom stereocenters. The fraction of sp³-hybridized carbons (Fsp3) is 0.455. The van der Waals surface area contributed by atoms with Gasteiger partial charge in [0.05, 0.1) is 0 Å². The predicted octanol–water partition coefficient (Wildman–Crippen LogP) is 1.26. The zero-order valence-corrected chi connectivity index (χ0v) is 16.1. The fourth-order valence-electron chi connectivity index (χ4n) is 4.20. The van der Waals surface area contributed by atoms with E-state index in [1.165, 1.54) is 17.7 Å². The number of piperidine rings is 1. The van der Waals surface area contributed by atoms with Gasteiger partial charge in [0.25, 0.3) is 11.8 Å². The van der Waals surface area contributed by atoms with Gasteiger partial charge in [-0.2, -0.15) is 0 Å². The van der Waals surface area contributed by atoms with E-state index in [-0.39, 0.29) is 24.1 Å². The number of carbonyl (C=O) groups excluding carboxylic acids is 4. The van der Waals surface area contributed by atoms with Crippen LogP contribution in [0.2, 0.25) is 0 Å². The van der Waals surface area contributed by atoms with Gasteiger partial charge in [-0.25, -0.2) is 0 Å². The SMILES string of the molecule is O=C(C#CC1CCCC1)NCc1ccc2c(c1)CN(C1CCC(=O)NC1=O)C2=O. The van der Waals surface area contributed by atoms with E-state index in [0.717, 1.165) is 24.0 Å². The highest BCUT2D eigenvalue weighted by Gasteiger charge is 2.39. The summed E-state index contributed by atoms with van der Waals surface area (Å²) in [5, 5.41) is 5.10. The lowest BCUT2D eigenvalue weighted by Gasteiger charge is -2.29. The molecule has 1 atom stereocenters. The molecule has 2 fully saturated rings. The molecule has 1 saturated heterocycles. The average Bonchev–Trinajstić information content (AvgIpc) is 3.33. The Hall–Kier alpha value is -3.14. The Morgan fingerprint density at radius 2 is 1.97 bits per heavy atom. The highest BCUT2D eigenvalue weighted by atomic mass is 16.2. The standard InChI is InChI=1S/C22H23N3O4/c26-19(9-6-14-3-1-2-4-14)23-12-15-5-7-17-16(11-15)13-25(22(17)29)18-8-10-20(27)24-21(18)28/h5,7,11,14,18H,1-4,8,10,12-13H2,(H,23,26)(H,24,27,28). The first-order valence-electron chi connectivity index (χ1n) is 10.1. The van der Waals surface area contributed by atoms with Crippen LogP contribution in [-0.2, 0) is 27.5 Å². The number of amides is 4.